The van der Waals surface area contributed by atoms with Crippen LogP contribution in [0.25, 0.3) is 22.2 Å². The van der Waals surface area contributed by atoms with Gasteiger partial charge in [-0.1, -0.05) is 12.1 Å². The van der Waals surface area contributed by atoms with Gasteiger partial charge in [0.05, 0.1) is 30.2 Å². The number of rotatable bonds is 2. The summed E-state index contributed by atoms with van der Waals surface area (Å²) in [4.78, 5) is 24.8. The van der Waals surface area contributed by atoms with E-state index in [4.69, 9.17) is 9.47 Å². The highest BCUT2D eigenvalue weighted by Crippen LogP contribution is 2.31. The second-order valence-electron chi connectivity index (χ2n) is 8.35. The number of nitrogens with one attached hydrogen (secondary N) is 1. The van der Waals surface area contributed by atoms with Crippen molar-refractivity contribution in [3.63, 3.8) is 0 Å². The number of carbonyl (C=O) groups is 1. The Morgan fingerprint density at radius 3 is 2.68 bits per heavy atom. The molecule has 2 aromatic carbocycles. The Hall–Kier alpha value is -3.06. The van der Waals surface area contributed by atoms with Gasteiger partial charge >= 0.3 is 6.03 Å². The van der Waals surface area contributed by atoms with Crippen LogP contribution in [-0.2, 0) is 11.3 Å². The molecule has 162 valence electrons. The molecule has 2 amide bonds. The molecule has 7 heteroatoms. The minimum absolute atomic E-state index is 0.0887. The molecule has 5 rings (SSSR count). The Morgan fingerprint density at radius 1 is 1.10 bits per heavy atom. The van der Waals surface area contributed by atoms with Crippen molar-refractivity contribution in [1.29, 1.82) is 0 Å². The molecule has 1 aromatic heterocycles. The van der Waals surface area contributed by atoms with Crippen LogP contribution in [0.5, 0.6) is 5.75 Å². The van der Waals surface area contributed by atoms with Crippen LogP contribution in [0.2, 0.25) is 0 Å². The molecule has 0 spiro atoms. The first-order chi connectivity index (χ1) is 15.1. The smallest absolute Gasteiger partial charge is 0.320 e. The maximum absolute atomic E-state index is 13.2. The van der Waals surface area contributed by atoms with E-state index < -0.39 is 0 Å². The lowest BCUT2D eigenvalue weighted by Gasteiger charge is -2.34. The van der Waals surface area contributed by atoms with Gasteiger partial charge in [-0.15, -0.1) is 0 Å². The summed E-state index contributed by atoms with van der Waals surface area (Å²) in [5.74, 6) is 1.77. The fourth-order valence-electron chi connectivity index (χ4n) is 4.54. The first-order valence-electron chi connectivity index (χ1n) is 10.9. The molecule has 0 bridgehead atoms. The number of ether oxygens (including phenoxy) is 2. The second-order valence-corrected chi connectivity index (χ2v) is 8.35. The van der Waals surface area contributed by atoms with Crippen LogP contribution in [0.4, 0.5) is 4.79 Å². The van der Waals surface area contributed by atoms with E-state index in [0.29, 0.717) is 19.7 Å². The number of hydrogen-bond donors (Lipinski definition) is 1. The summed E-state index contributed by atoms with van der Waals surface area (Å²) < 4.78 is 11.4. The third-order valence-corrected chi connectivity index (χ3v) is 6.29. The number of H-pyrrole nitrogens is 1. The fraction of sp³-hybridized carbons (Fsp3) is 0.417. The van der Waals surface area contributed by atoms with Crippen molar-refractivity contribution in [2.75, 3.05) is 33.4 Å². The molecule has 0 aliphatic carbocycles. The Morgan fingerprint density at radius 2 is 1.87 bits per heavy atom. The average Bonchev–Trinajstić information content (AvgIpc) is 3.04. The van der Waals surface area contributed by atoms with Crippen molar-refractivity contribution in [2.24, 2.45) is 0 Å². The van der Waals surface area contributed by atoms with Gasteiger partial charge < -0.3 is 24.3 Å². The zero-order valence-electron chi connectivity index (χ0n) is 18.1. The highest BCUT2D eigenvalue weighted by Gasteiger charge is 2.28. The highest BCUT2D eigenvalue weighted by atomic mass is 16.5. The van der Waals surface area contributed by atoms with E-state index in [1.54, 1.807) is 7.11 Å². The quantitative estimate of drug-likeness (QED) is 0.681. The molecule has 1 fully saturated rings. The number of piperidine rings is 1. The van der Waals surface area contributed by atoms with E-state index in [9.17, 15) is 4.79 Å². The molecule has 1 N–H and O–H groups in total. The fourth-order valence-corrected chi connectivity index (χ4v) is 4.54. The number of urea groups is 1. The topological polar surface area (TPSA) is 70.7 Å². The van der Waals surface area contributed by atoms with Crippen LogP contribution in [0.15, 0.2) is 36.4 Å². The first kappa shape index (κ1) is 19.9. The van der Waals surface area contributed by atoms with Gasteiger partial charge in [-0.05, 0) is 55.2 Å². The average molecular weight is 421 g/mol. The molecular weight excluding hydrogens is 392 g/mol. The predicted molar refractivity (Wildman–Crippen MR) is 119 cm³/mol. The number of fused-ring (bicyclic) bond motifs is 2. The summed E-state index contributed by atoms with van der Waals surface area (Å²) >= 11 is 0. The second kappa shape index (κ2) is 8.23. The van der Waals surface area contributed by atoms with Crippen molar-refractivity contribution < 1.29 is 14.3 Å². The van der Waals surface area contributed by atoms with Crippen LogP contribution in [0, 0.1) is 6.92 Å². The SMILES string of the molecule is COC1CCN(C(=O)N2CCOc3ccc(-c4ccc5nc(C)[nH]c5c4)cc3C2)CC1. The van der Waals surface area contributed by atoms with E-state index >= 15 is 0 Å². The molecule has 0 radical (unpaired) electrons. The molecular formula is C24H28N4O3. The van der Waals surface area contributed by atoms with Gasteiger partial charge in [0.1, 0.15) is 18.2 Å². The number of amides is 2. The minimum Gasteiger partial charge on any atom is -0.491 e. The maximum atomic E-state index is 13.2. The molecule has 0 saturated carbocycles. The normalized spacial score (nSPS) is 17.4. The lowest BCUT2D eigenvalue weighted by atomic mass is 10.0. The standard InChI is InChI=1S/C24H28N4O3/c1-16-25-21-5-3-18(14-22(21)26-16)17-4-6-23-19(13-17)15-28(11-12-31-23)24(29)27-9-7-20(30-2)8-10-27/h3-6,13-14,20H,7-12,15H2,1-2H3,(H,25,26). The lowest BCUT2D eigenvalue weighted by Crippen LogP contribution is -2.48. The molecule has 0 atom stereocenters. The number of imidazole rings is 1. The van der Waals surface area contributed by atoms with Gasteiger partial charge in [0, 0.05) is 25.8 Å². The van der Waals surface area contributed by atoms with Gasteiger partial charge in [-0.2, -0.15) is 0 Å². The zero-order valence-corrected chi connectivity index (χ0v) is 18.1. The minimum atomic E-state index is 0.0887. The summed E-state index contributed by atoms with van der Waals surface area (Å²) in [6.07, 6.45) is 2.04. The highest BCUT2D eigenvalue weighted by molar-refractivity contribution is 5.82. The van der Waals surface area contributed by atoms with Gasteiger partial charge in [0.15, 0.2) is 0 Å². The number of hydrogen-bond acceptors (Lipinski definition) is 4. The lowest BCUT2D eigenvalue weighted by molar-refractivity contribution is 0.0438. The van der Waals surface area contributed by atoms with Crippen molar-refractivity contribution in [3.8, 4) is 16.9 Å². The predicted octanol–water partition coefficient (Wildman–Crippen LogP) is 3.96. The Labute approximate surface area is 182 Å². The van der Waals surface area contributed by atoms with Crippen molar-refractivity contribution in [3.05, 3.63) is 47.8 Å². The Bertz CT molecular complexity index is 1100. The molecule has 0 unspecified atom stereocenters. The maximum Gasteiger partial charge on any atom is 0.320 e. The number of aryl methyl sites for hydroxylation is 1. The number of likely N-dealkylation sites (tertiary alicyclic amines) is 1. The zero-order chi connectivity index (χ0) is 21.4. The summed E-state index contributed by atoms with van der Waals surface area (Å²) in [5, 5.41) is 0. The van der Waals surface area contributed by atoms with Crippen LogP contribution in [0.3, 0.4) is 0 Å². The number of carbonyl (C=O) groups excluding carboxylic acids is 1. The van der Waals surface area contributed by atoms with Gasteiger partial charge in [0.2, 0.25) is 0 Å². The summed E-state index contributed by atoms with van der Waals surface area (Å²) in [6, 6.07) is 12.6. The number of benzene rings is 2. The molecule has 2 aliphatic rings. The van der Waals surface area contributed by atoms with E-state index in [-0.39, 0.29) is 12.1 Å². The largest absolute Gasteiger partial charge is 0.491 e. The number of aromatic amines is 1. The van der Waals surface area contributed by atoms with E-state index in [1.165, 1.54) is 0 Å². The summed E-state index contributed by atoms with van der Waals surface area (Å²) in [7, 11) is 1.74. The van der Waals surface area contributed by atoms with Gasteiger partial charge in [-0.3, -0.25) is 0 Å². The van der Waals surface area contributed by atoms with Gasteiger partial charge in [-0.25, -0.2) is 9.78 Å². The third kappa shape index (κ3) is 3.97. The van der Waals surface area contributed by atoms with E-state index in [2.05, 4.69) is 34.2 Å². The van der Waals surface area contributed by atoms with Crippen LogP contribution in [0.1, 0.15) is 24.2 Å². The van der Waals surface area contributed by atoms with Crippen molar-refractivity contribution in [2.45, 2.75) is 32.4 Å². The Balaban J connectivity index is 1.37. The third-order valence-electron chi connectivity index (χ3n) is 6.29. The summed E-state index contributed by atoms with van der Waals surface area (Å²) in [6.45, 7) is 5.09. The number of aromatic nitrogens is 2. The number of methoxy groups -OCH3 is 1. The van der Waals surface area contributed by atoms with Crippen molar-refractivity contribution in [1.82, 2.24) is 19.8 Å². The van der Waals surface area contributed by atoms with E-state index in [0.717, 1.165) is 65.2 Å². The molecule has 7 nitrogen and oxygen atoms in total. The Kier molecular flexibility index (Phi) is 5.28. The van der Waals surface area contributed by atoms with Crippen LogP contribution < -0.4 is 4.74 Å². The monoisotopic (exact) mass is 420 g/mol. The molecule has 1 saturated heterocycles. The summed E-state index contributed by atoms with van der Waals surface area (Å²) in [5.41, 5.74) is 5.25. The van der Waals surface area contributed by atoms with Crippen LogP contribution in [-0.4, -0.2) is 65.3 Å². The molecule has 3 heterocycles. The molecule has 2 aliphatic heterocycles. The first-order valence-corrected chi connectivity index (χ1v) is 10.9. The van der Waals surface area contributed by atoms with Crippen LogP contribution >= 0.6 is 0 Å². The molecule has 31 heavy (non-hydrogen) atoms. The molecule has 3 aromatic rings. The van der Waals surface area contributed by atoms with Gasteiger partial charge in [0.25, 0.3) is 0 Å². The van der Waals surface area contributed by atoms with Crippen molar-refractivity contribution >= 4 is 17.1 Å². The number of nitrogens with zero attached hydrogens (tertiary/aromatic N) is 3. The van der Waals surface area contributed by atoms with E-state index in [1.807, 2.05) is 28.9 Å².